The predicted molar refractivity (Wildman–Crippen MR) is 82.1 cm³/mol. The molecule has 0 amide bonds. The van der Waals surface area contributed by atoms with Crippen molar-refractivity contribution in [3.05, 3.63) is 34.3 Å². The van der Waals surface area contributed by atoms with Gasteiger partial charge >= 0.3 is 12.1 Å². The van der Waals surface area contributed by atoms with Crippen LogP contribution in [0.25, 0.3) is 0 Å². The molecule has 0 aliphatic heterocycles. The third-order valence-electron chi connectivity index (χ3n) is 5.36. The van der Waals surface area contributed by atoms with Crippen molar-refractivity contribution in [2.45, 2.75) is 42.9 Å². The first-order valence-electron chi connectivity index (χ1n) is 7.75. The van der Waals surface area contributed by atoms with Crippen LogP contribution in [-0.4, -0.2) is 30.1 Å². The number of carbonyl (C=O) groups is 2. The molecule has 25 heavy (non-hydrogen) atoms. The standard InChI is InChI=1S/C17H16ClF3O4/c1-25-14(23)9-5-6-15(7-12(9)22)8-16(24,17(19,20)21)13-10(15)3-2-4-11(13)18/h2-4,9,24H,5-8H2,1H3/t9?,15-,16?/m0/s1. The molecule has 8 heteroatoms. The van der Waals surface area contributed by atoms with Gasteiger partial charge in [-0.25, -0.2) is 0 Å². The van der Waals surface area contributed by atoms with Gasteiger partial charge in [-0.2, -0.15) is 13.2 Å². The van der Waals surface area contributed by atoms with Crippen molar-refractivity contribution in [3.8, 4) is 0 Å². The molecular formula is C17H16ClF3O4. The number of benzene rings is 1. The summed E-state index contributed by atoms with van der Waals surface area (Å²) in [5.74, 6) is -2.14. The van der Waals surface area contributed by atoms with Gasteiger partial charge in [-0.15, -0.1) is 0 Å². The molecule has 1 aromatic carbocycles. The van der Waals surface area contributed by atoms with Crippen LogP contribution >= 0.6 is 11.6 Å². The van der Waals surface area contributed by atoms with E-state index in [1.807, 2.05) is 0 Å². The lowest BCUT2D eigenvalue weighted by atomic mass is 9.66. The monoisotopic (exact) mass is 376 g/mol. The van der Waals surface area contributed by atoms with Gasteiger partial charge in [0.05, 0.1) is 7.11 Å². The molecule has 1 fully saturated rings. The summed E-state index contributed by atoms with van der Waals surface area (Å²) < 4.78 is 45.5. The Morgan fingerprint density at radius 3 is 2.64 bits per heavy atom. The third kappa shape index (κ3) is 2.56. The van der Waals surface area contributed by atoms with Crippen LogP contribution in [0.15, 0.2) is 18.2 Å². The minimum Gasteiger partial charge on any atom is -0.468 e. The molecule has 1 aromatic rings. The van der Waals surface area contributed by atoms with Gasteiger partial charge in [0.1, 0.15) is 11.7 Å². The topological polar surface area (TPSA) is 63.6 Å². The maximum absolute atomic E-state index is 13.6. The number of hydrogen-bond acceptors (Lipinski definition) is 4. The van der Waals surface area contributed by atoms with Gasteiger partial charge in [0.25, 0.3) is 0 Å². The maximum atomic E-state index is 13.6. The van der Waals surface area contributed by atoms with Crippen LogP contribution in [0.4, 0.5) is 13.2 Å². The second-order valence-electron chi connectivity index (χ2n) is 6.74. The molecule has 1 spiro atoms. The maximum Gasteiger partial charge on any atom is 0.421 e. The van der Waals surface area contributed by atoms with Gasteiger partial charge < -0.3 is 9.84 Å². The van der Waals surface area contributed by atoms with E-state index in [4.69, 9.17) is 11.6 Å². The molecule has 136 valence electrons. The number of fused-ring (bicyclic) bond motifs is 2. The summed E-state index contributed by atoms with van der Waals surface area (Å²) >= 11 is 5.98. The number of ketones is 1. The highest BCUT2D eigenvalue weighted by Crippen LogP contribution is 2.61. The van der Waals surface area contributed by atoms with E-state index in [0.717, 1.165) is 7.11 Å². The number of ether oxygens (including phenoxy) is 1. The fourth-order valence-electron chi connectivity index (χ4n) is 4.20. The number of carbonyl (C=O) groups excluding carboxylic acids is 2. The smallest absolute Gasteiger partial charge is 0.421 e. The molecule has 0 saturated heterocycles. The average Bonchev–Trinajstić information content (AvgIpc) is 2.77. The SMILES string of the molecule is COC(=O)C1CC[C@]2(CC1=O)CC(O)(C(F)(F)F)c1c(Cl)cccc12. The van der Waals surface area contributed by atoms with Gasteiger partial charge in [-0.1, -0.05) is 23.7 Å². The van der Waals surface area contributed by atoms with E-state index in [-0.39, 0.29) is 35.4 Å². The van der Waals surface area contributed by atoms with Crippen molar-refractivity contribution >= 4 is 23.4 Å². The van der Waals surface area contributed by atoms with E-state index in [9.17, 15) is 27.9 Å². The Kier molecular flexibility index (Phi) is 4.15. The summed E-state index contributed by atoms with van der Waals surface area (Å²) in [6.07, 6.45) is -5.64. The molecule has 0 aromatic heterocycles. The first-order chi connectivity index (χ1) is 11.6. The van der Waals surface area contributed by atoms with Crippen molar-refractivity contribution in [1.29, 1.82) is 0 Å². The molecule has 2 unspecified atom stereocenters. The lowest BCUT2D eigenvalue weighted by molar-refractivity contribution is -0.269. The highest BCUT2D eigenvalue weighted by atomic mass is 35.5. The van der Waals surface area contributed by atoms with Gasteiger partial charge in [0, 0.05) is 22.4 Å². The lowest BCUT2D eigenvalue weighted by Crippen LogP contribution is -2.45. The largest absolute Gasteiger partial charge is 0.468 e. The van der Waals surface area contributed by atoms with Gasteiger partial charge in [-0.05, 0) is 30.9 Å². The summed E-state index contributed by atoms with van der Waals surface area (Å²) in [5, 5.41) is 10.3. The zero-order valence-corrected chi connectivity index (χ0v) is 14.1. The molecule has 2 aliphatic rings. The number of esters is 1. The Morgan fingerprint density at radius 2 is 2.08 bits per heavy atom. The highest BCUT2D eigenvalue weighted by Gasteiger charge is 2.66. The molecule has 0 heterocycles. The number of rotatable bonds is 1. The van der Waals surface area contributed by atoms with E-state index in [0.29, 0.717) is 0 Å². The molecule has 1 saturated carbocycles. The first kappa shape index (κ1) is 18.2. The van der Waals surface area contributed by atoms with Crippen LogP contribution < -0.4 is 0 Å². The van der Waals surface area contributed by atoms with Crippen molar-refractivity contribution in [1.82, 2.24) is 0 Å². The predicted octanol–water partition coefficient (Wildman–Crippen LogP) is 3.27. The number of hydrogen-bond donors (Lipinski definition) is 1. The zero-order chi connectivity index (χ0) is 18.6. The number of halogens is 4. The summed E-state index contributed by atoms with van der Waals surface area (Å²) in [6, 6.07) is 4.26. The second kappa shape index (κ2) is 5.71. The average molecular weight is 377 g/mol. The normalized spacial score (nSPS) is 31.9. The van der Waals surface area contributed by atoms with Crippen molar-refractivity contribution in [3.63, 3.8) is 0 Å². The van der Waals surface area contributed by atoms with E-state index in [1.165, 1.54) is 18.2 Å². The van der Waals surface area contributed by atoms with Crippen LogP contribution in [0.5, 0.6) is 0 Å². The van der Waals surface area contributed by atoms with E-state index in [2.05, 4.69) is 4.74 Å². The molecule has 0 bridgehead atoms. The van der Waals surface area contributed by atoms with Gasteiger partial charge in [0.2, 0.25) is 0 Å². The van der Waals surface area contributed by atoms with Crippen LogP contribution in [0.1, 0.15) is 36.8 Å². The molecule has 1 N–H and O–H groups in total. The highest BCUT2D eigenvalue weighted by molar-refractivity contribution is 6.31. The molecular weight excluding hydrogens is 361 g/mol. The Balaban J connectivity index is 2.08. The second-order valence-corrected chi connectivity index (χ2v) is 7.14. The fraction of sp³-hybridized carbons (Fsp3) is 0.529. The van der Waals surface area contributed by atoms with Crippen LogP contribution in [0.2, 0.25) is 5.02 Å². The summed E-state index contributed by atoms with van der Waals surface area (Å²) in [6.45, 7) is 0. The fourth-order valence-corrected chi connectivity index (χ4v) is 4.53. The minimum atomic E-state index is -4.93. The van der Waals surface area contributed by atoms with Crippen LogP contribution in [0, 0.1) is 5.92 Å². The van der Waals surface area contributed by atoms with Crippen molar-refractivity contribution < 1.29 is 32.6 Å². The quantitative estimate of drug-likeness (QED) is 0.603. The van der Waals surface area contributed by atoms with E-state index < -0.39 is 41.3 Å². The Bertz CT molecular complexity index is 748. The summed E-state index contributed by atoms with van der Waals surface area (Å²) in [5.41, 5.74) is -4.45. The van der Waals surface area contributed by atoms with Crippen molar-refractivity contribution in [2.24, 2.45) is 5.92 Å². The van der Waals surface area contributed by atoms with Gasteiger partial charge in [-0.3, -0.25) is 9.59 Å². The molecule has 0 radical (unpaired) electrons. The first-order valence-corrected chi connectivity index (χ1v) is 8.13. The number of aliphatic hydroxyl groups is 1. The Morgan fingerprint density at radius 1 is 1.40 bits per heavy atom. The minimum absolute atomic E-state index is 0.0748. The van der Waals surface area contributed by atoms with E-state index in [1.54, 1.807) is 0 Å². The van der Waals surface area contributed by atoms with Crippen molar-refractivity contribution in [2.75, 3.05) is 7.11 Å². The van der Waals surface area contributed by atoms with Crippen LogP contribution in [-0.2, 0) is 25.3 Å². The van der Waals surface area contributed by atoms with E-state index >= 15 is 0 Å². The molecule has 2 aliphatic carbocycles. The number of methoxy groups -OCH3 is 1. The molecule has 3 rings (SSSR count). The Hall–Kier alpha value is -1.60. The lowest BCUT2D eigenvalue weighted by Gasteiger charge is -2.37. The zero-order valence-electron chi connectivity index (χ0n) is 13.3. The number of Topliss-reactive ketones (excluding diaryl/α,β-unsaturated/α-hetero) is 1. The van der Waals surface area contributed by atoms with Gasteiger partial charge in [0.15, 0.2) is 5.60 Å². The molecule has 4 nitrogen and oxygen atoms in total. The third-order valence-corrected chi connectivity index (χ3v) is 5.68. The molecule has 3 atom stereocenters. The van der Waals surface area contributed by atoms with Crippen LogP contribution in [0.3, 0.4) is 0 Å². The summed E-state index contributed by atoms with van der Waals surface area (Å²) in [4.78, 5) is 24.1. The number of alkyl halides is 3. The Labute approximate surface area is 146 Å². The summed E-state index contributed by atoms with van der Waals surface area (Å²) in [7, 11) is 1.16.